The number of rotatable bonds is 3. The molecule has 1 fully saturated rings. The largest absolute Gasteiger partial charge is 0.291 e. The van der Waals surface area contributed by atoms with Crippen LogP contribution in [0.2, 0.25) is 5.02 Å². The molecule has 2 N–H and O–H groups in total. The molecule has 0 atom stereocenters. The van der Waals surface area contributed by atoms with Gasteiger partial charge >= 0.3 is 0 Å². The van der Waals surface area contributed by atoms with Crippen molar-refractivity contribution in [3.05, 3.63) is 93.8 Å². The lowest BCUT2D eigenvalue weighted by atomic mass is 9.89. The van der Waals surface area contributed by atoms with E-state index in [1.165, 1.54) is 33.1 Å². The van der Waals surface area contributed by atoms with Crippen molar-refractivity contribution in [2.45, 2.75) is 30.6 Å². The molecule has 0 amide bonds. The Morgan fingerprint density at radius 2 is 1.67 bits per heavy atom. The van der Waals surface area contributed by atoms with Crippen molar-refractivity contribution >= 4 is 32.9 Å². The molecule has 33 heavy (non-hydrogen) atoms. The van der Waals surface area contributed by atoms with Gasteiger partial charge in [-0.3, -0.25) is 15.7 Å². The first-order valence-electron chi connectivity index (χ1n) is 10.9. The molecule has 0 unspecified atom stereocenters. The van der Waals surface area contributed by atoms with Gasteiger partial charge in [0.1, 0.15) is 0 Å². The number of nitrogens with zero attached hydrogens (tertiary/aromatic N) is 2. The summed E-state index contributed by atoms with van der Waals surface area (Å²) >= 11 is 6.38. The molecule has 2 heterocycles. The third kappa shape index (κ3) is 4.17. The van der Waals surface area contributed by atoms with Crippen LogP contribution in [0.15, 0.2) is 71.3 Å². The van der Waals surface area contributed by atoms with E-state index < -0.39 is 10.0 Å². The quantitative estimate of drug-likeness (QED) is 0.519. The number of benzene rings is 2. The Kier molecular flexibility index (Phi) is 5.97. The van der Waals surface area contributed by atoms with Crippen LogP contribution in [0.25, 0.3) is 5.57 Å². The van der Waals surface area contributed by atoms with Gasteiger partial charge in [-0.1, -0.05) is 29.3 Å². The number of pyridine rings is 1. The normalized spacial score (nSPS) is 16.7. The van der Waals surface area contributed by atoms with Gasteiger partial charge in [-0.15, -0.1) is 0 Å². The molecule has 0 spiro atoms. The molecule has 1 aliphatic carbocycles. The molecule has 0 saturated carbocycles. The second-order valence-corrected chi connectivity index (χ2v) is 10.7. The van der Waals surface area contributed by atoms with Gasteiger partial charge in [-0.25, -0.2) is 8.42 Å². The second kappa shape index (κ2) is 8.91. The van der Waals surface area contributed by atoms with Crippen molar-refractivity contribution in [1.29, 1.82) is 0 Å². The van der Waals surface area contributed by atoms with Crippen LogP contribution >= 0.6 is 11.6 Å². The van der Waals surface area contributed by atoms with Crippen LogP contribution in [-0.4, -0.2) is 36.0 Å². The molecular weight excluding hydrogens is 458 g/mol. The summed E-state index contributed by atoms with van der Waals surface area (Å²) in [4.78, 5) is 4.96. The van der Waals surface area contributed by atoms with E-state index >= 15 is 0 Å². The Bertz CT molecular complexity index is 1330. The SMILES string of the molecule is O=S(=O)(c1ccc(NO)cc1)N1CCC(=C2c3cc(Cl)ccc3CCc3cccnc32)CC1. The zero-order valence-electron chi connectivity index (χ0n) is 18.0. The number of aryl methyl sites for hydroxylation is 2. The third-order valence-electron chi connectivity index (χ3n) is 6.43. The molecule has 8 heteroatoms. The van der Waals surface area contributed by atoms with E-state index in [2.05, 4.69) is 12.1 Å². The number of hydrogen-bond acceptors (Lipinski definition) is 5. The molecule has 1 aliphatic heterocycles. The Hall–Kier alpha value is -2.71. The summed E-state index contributed by atoms with van der Waals surface area (Å²) in [6.45, 7) is 0.804. The lowest BCUT2D eigenvalue weighted by Gasteiger charge is -2.29. The minimum absolute atomic E-state index is 0.219. The number of anilines is 1. The number of hydrogen-bond donors (Lipinski definition) is 2. The van der Waals surface area contributed by atoms with Crippen molar-refractivity contribution in [2.24, 2.45) is 0 Å². The van der Waals surface area contributed by atoms with Gasteiger partial charge in [0.25, 0.3) is 0 Å². The highest BCUT2D eigenvalue weighted by atomic mass is 35.5. The molecule has 2 aliphatic rings. The summed E-state index contributed by atoms with van der Waals surface area (Å²) in [5.74, 6) is 0. The van der Waals surface area contributed by atoms with Crippen LogP contribution in [0.4, 0.5) is 5.69 Å². The molecule has 6 nitrogen and oxygen atoms in total. The zero-order chi connectivity index (χ0) is 23.0. The van der Waals surface area contributed by atoms with Gasteiger partial charge in [-0.05, 0) is 84.8 Å². The highest BCUT2D eigenvalue weighted by Gasteiger charge is 2.30. The maximum atomic E-state index is 13.2. The average Bonchev–Trinajstić information content (AvgIpc) is 3.00. The summed E-state index contributed by atoms with van der Waals surface area (Å²) < 4.78 is 27.9. The molecule has 3 aromatic rings. The monoisotopic (exact) mass is 481 g/mol. The molecule has 170 valence electrons. The summed E-state index contributed by atoms with van der Waals surface area (Å²) in [6, 6.07) is 16.2. The summed E-state index contributed by atoms with van der Waals surface area (Å²) in [5.41, 5.74) is 9.33. The second-order valence-electron chi connectivity index (χ2n) is 8.33. The van der Waals surface area contributed by atoms with E-state index in [0.29, 0.717) is 36.6 Å². The van der Waals surface area contributed by atoms with Crippen LogP contribution in [0.3, 0.4) is 0 Å². The van der Waals surface area contributed by atoms with Crippen LogP contribution in [0, 0.1) is 0 Å². The van der Waals surface area contributed by atoms with Crippen LogP contribution in [-0.2, 0) is 22.9 Å². The van der Waals surface area contributed by atoms with E-state index in [9.17, 15) is 8.42 Å². The first kappa shape index (κ1) is 22.1. The fourth-order valence-corrected chi connectivity index (χ4v) is 6.33. The zero-order valence-corrected chi connectivity index (χ0v) is 19.5. The molecule has 1 aromatic heterocycles. The average molecular weight is 482 g/mol. The number of aromatic nitrogens is 1. The van der Waals surface area contributed by atoms with Crippen LogP contribution in [0.1, 0.15) is 35.2 Å². The number of piperidine rings is 1. The van der Waals surface area contributed by atoms with Crippen molar-refractivity contribution in [3.63, 3.8) is 0 Å². The van der Waals surface area contributed by atoms with Gasteiger partial charge in [0.15, 0.2) is 0 Å². The Morgan fingerprint density at radius 1 is 0.939 bits per heavy atom. The van der Waals surface area contributed by atoms with Gasteiger partial charge in [-0.2, -0.15) is 4.31 Å². The Morgan fingerprint density at radius 3 is 2.39 bits per heavy atom. The van der Waals surface area contributed by atoms with E-state index in [1.807, 2.05) is 29.9 Å². The molecule has 1 saturated heterocycles. The number of nitrogens with one attached hydrogen (secondary N) is 1. The molecule has 2 aromatic carbocycles. The first-order valence-corrected chi connectivity index (χ1v) is 12.7. The topological polar surface area (TPSA) is 82.5 Å². The maximum Gasteiger partial charge on any atom is 0.243 e. The van der Waals surface area contributed by atoms with Crippen LogP contribution < -0.4 is 5.48 Å². The highest BCUT2D eigenvalue weighted by Crippen LogP contribution is 2.39. The molecule has 5 rings (SSSR count). The lowest BCUT2D eigenvalue weighted by molar-refractivity contribution is 0.386. The fourth-order valence-electron chi connectivity index (χ4n) is 4.72. The number of fused-ring (bicyclic) bond motifs is 2. The Balaban J connectivity index is 1.50. The van der Waals surface area contributed by atoms with E-state index in [4.69, 9.17) is 21.8 Å². The summed E-state index contributed by atoms with van der Waals surface area (Å²) in [6.07, 6.45) is 4.91. The lowest BCUT2D eigenvalue weighted by Crippen LogP contribution is -2.36. The minimum Gasteiger partial charge on any atom is -0.291 e. The number of halogens is 1. The molecular formula is C25H24ClN3O3S. The number of sulfonamides is 1. The van der Waals surface area contributed by atoms with Gasteiger partial charge in [0.05, 0.1) is 16.3 Å². The van der Waals surface area contributed by atoms with E-state index in [1.54, 1.807) is 12.1 Å². The van der Waals surface area contributed by atoms with Gasteiger partial charge in [0, 0.05) is 29.9 Å². The third-order valence-corrected chi connectivity index (χ3v) is 8.58. The smallest absolute Gasteiger partial charge is 0.243 e. The van der Waals surface area contributed by atoms with E-state index in [0.717, 1.165) is 29.7 Å². The predicted octanol–water partition coefficient (Wildman–Crippen LogP) is 4.92. The van der Waals surface area contributed by atoms with Gasteiger partial charge < -0.3 is 0 Å². The fraction of sp³-hybridized carbons (Fsp3) is 0.240. The van der Waals surface area contributed by atoms with Gasteiger partial charge in [0.2, 0.25) is 10.0 Å². The standard InChI is InChI=1S/C25H24ClN3O3S/c26-20-6-5-17-3-4-19-2-1-13-27-25(19)24(23(17)16-20)18-11-14-29(15-12-18)33(31,32)22-9-7-21(28-30)8-10-22/h1-2,5-10,13,16,28,30H,3-4,11-12,14-15H2. The summed E-state index contributed by atoms with van der Waals surface area (Å²) in [7, 11) is -3.61. The van der Waals surface area contributed by atoms with Crippen molar-refractivity contribution < 1.29 is 13.6 Å². The molecule has 0 radical (unpaired) electrons. The Labute approximate surface area is 198 Å². The minimum atomic E-state index is -3.61. The van der Waals surface area contributed by atoms with Crippen molar-refractivity contribution in [3.8, 4) is 0 Å². The summed E-state index contributed by atoms with van der Waals surface area (Å²) in [5, 5.41) is 9.67. The first-order chi connectivity index (χ1) is 16.0. The highest BCUT2D eigenvalue weighted by molar-refractivity contribution is 7.89. The maximum absolute atomic E-state index is 13.2. The van der Waals surface area contributed by atoms with Crippen molar-refractivity contribution in [2.75, 3.05) is 18.6 Å². The predicted molar refractivity (Wildman–Crippen MR) is 129 cm³/mol. The van der Waals surface area contributed by atoms with Crippen LogP contribution in [0.5, 0.6) is 0 Å². The van der Waals surface area contributed by atoms with Crippen molar-refractivity contribution in [1.82, 2.24) is 9.29 Å². The molecule has 0 bridgehead atoms. The van der Waals surface area contributed by atoms with E-state index in [-0.39, 0.29) is 4.90 Å².